The molecule has 0 aromatic heterocycles. The summed E-state index contributed by atoms with van der Waals surface area (Å²) < 4.78 is 0. The fraction of sp³-hybridized carbons (Fsp3) is 0.278. The molecule has 1 aliphatic heterocycles. The molecule has 23 heavy (non-hydrogen) atoms. The molecule has 3 rings (SSSR count). The summed E-state index contributed by atoms with van der Waals surface area (Å²) in [6, 6.07) is 8.94. The minimum absolute atomic E-state index is 0.213. The third-order valence-corrected chi connectivity index (χ3v) is 4.03. The van der Waals surface area contributed by atoms with Gasteiger partial charge in [-0.25, -0.2) is 0 Å². The second-order valence-corrected chi connectivity index (χ2v) is 5.69. The summed E-state index contributed by atoms with van der Waals surface area (Å²) in [7, 11) is 0. The van der Waals surface area contributed by atoms with Crippen LogP contribution in [0.3, 0.4) is 0 Å². The van der Waals surface area contributed by atoms with Crippen LogP contribution in [0.15, 0.2) is 30.3 Å². The number of nitrogens with one attached hydrogen (secondary N) is 1. The maximum atomic E-state index is 12.7. The summed E-state index contributed by atoms with van der Waals surface area (Å²) in [6.07, 6.45) is 1.69. The molecule has 1 aliphatic rings. The van der Waals surface area contributed by atoms with Crippen LogP contribution in [0.2, 0.25) is 0 Å². The molecule has 0 unspecified atom stereocenters. The monoisotopic (exact) mass is 310 g/mol. The quantitative estimate of drug-likeness (QED) is 0.882. The number of nitrogens with zero attached hydrogens (tertiary/aromatic N) is 1. The highest BCUT2D eigenvalue weighted by molar-refractivity contribution is 6.28. The van der Waals surface area contributed by atoms with Gasteiger partial charge in [0.1, 0.15) is 0 Å². The molecule has 1 heterocycles. The predicted molar refractivity (Wildman–Crippen MR) is 88.5 cm³/mol. The van der Waals surface area contributed by atoms with Crippen molar-refractivity contribution in [1.29, 1.82) is 0 Å². The van der Waals surface area contributed by atoms with Gasteiger partial charge in [-0.15, -0.1) is 0 Å². The number of benzene rings is 2. The molecule has 5 heteroatoms. The Hall–Kier alpha value is -2.69. The van der Waals surface area contributed by atoms with Gasteiger partial charge in [0.2, 0.25) is 5.91 Å². The first kappa shape index (κ1) is 15.2. The maximum absolute atomic E-state index is 12.7. The molecule has 0 atom stereocenters. The number of fused-ring (bicyclic) bond motifs is 3. The molecule has 1 N–H and O–H groups in total. The zero-order valence-corrected chi connectivity index (χ0v) is 13.2. The summed E-state index contributed by atoms with van der Waals surface area (Å²) in [6.45, 7) is 3.86. The molecule has 3 amide bonds. The minimum atomic E-state index is -0.282. The van der Waals surface area contributed by atoms with E-state index >= 15 is 0 Å². The third kappa shape index (κ3) is 2.48. The lowest BCUT2D eigenvalue weighted by Gasteiger charge is -2.12. The molecule has 0 saturated heterocycles. The van der Waals surface area contributed by atoms with Crippen molar-refractivity contribution in [2.75, 3.05) is 11.9 Å². The molecular weight excluding hydrogens is 292 g/mol. The van der Waals surface area contributed by atoms with Crippen molar-refractivity contribution >= 4 is 34.2 Å². The van der Waals surface area contributed by atoms with Gasteiger partial charge in [-0.05, 0) is 17.9 Å². The normalized spacial score (nSPS) is 13.6. The van der Waals surface area contributed by atoms with Gasteiger partial charge in [-0.3, -0.25) is 19.3 Å². The summed E-state index contributed by atoms with van der Waals surface area (Å²) in [5.41, 5.74) is 1.37. The van der Waals surface area contributed by atoms with Crippen molar-refractivity contribution < 1.29 is 14.4 Å². The fourth-order valence-electron chi connectivity index (χ4n) is 2.96. The average molecular weight is 310 g/mol. The summed E-state index contributed by atoms with van der Waals surface area (Å²) >= 11 is 0. The zero-order chi connectivity index (χ0) is 16.6. The van der Waals surface area contributed by atoms with Crippen LogP contribution in [-0.4, -0.2) is 29.2 Å². The highest BCUT2D eigenvalue weighted by Gasteiger charge is 2.37. The van der Waals surface area contributed by atoms with Crippen LogP contribution < -0.4 is 5.32 Å². The Morgan fingerprint density at radius 3 is 2.48 bits per heavy atom. The maximum Gasteiger partial charge on any atom is 0.262 e. The van der Waals surface area contributed by atoms with E-state index in [1.54, 1.807) is 6.07 Å². The van der Waals surface area contributed by atoms with Gasteiger partial charge < -0.3 is 5.32 Å². The van der Waals surface area contributed by atoms with Crippen LogP contribution >= 0.6 is 0 Å². The Morgan fingerprint density at radius 2 is 1.83 bits per heavy atom. The fourth-order valence-corrected chi connectivity index (χ4v) is 2.96. The molecule has 0 bridgehead atoms. The second-order valence-electron chi connectivity index (χ2n) is 5.69. The number of rotatable bonds is 4. The van der Waals surface area contributed by atoms with Crippen molar-refractivity contribution in [1.82, 2.24) is 4.90 Å². The Morgan fingerprint density at radius 1 is 1.13 bits per heavy atom. The van der Waals surface area contributed by atoms with E-state index in [0.29, 0.717) is 28.7 Å². The number of amides is 3. The number of carbonyl (C=O) groups excluding carboxylic acids is 3. The van der Waals surface area contributed by atoms with Crippen molar-refractivity contribution in [3.05, 3.63) is 41.5 Å². The van der Waals surface area contributed by atoms with Gasteiger partial charge in [-0.2, -0.15) is 0 Å². The lowest BCUT2D eigenvalue weighted by atomic mass is 9.98. The Labute approximate surface area is 134 Å². The van der Waals surface area contributed by atoms with Gasteiger partial charge in [0.05, 0.1) is 11.1 Å². The van der Waals surface area contributed by atoms with Crippen LogP contribution in [0.5, 0.6) is 0 Å². The van der Waals surface area contributed by atoms with Crippen molar-refractivity contribution in [3.8, 4) is 0 Å². The highest BCUT2D eigenvalue weighted by Crippen LogP contribution is 2.35. The summed E-state index contributed by atoms with van der Waals surface area (Å²) in [4.78, 5) is 38.0. The molecule has 0 aliphatic carbocycles. The molecule has 5 nitrogen and oxygen atoms in total. The summed E-state index contributed by atoms with van der Waals surface area (Å²) in [5, 5.41) is 4.21. The van der Waals surface area contributed by atoms with Crippen molar-refractivity contribution in [2.24, 2.45) is 0 Å². The number of imide groups is 1. The van der Waals surface area contributed by atoms with Gasteiger partial charge in [0, 0.05) is 24.5 Å². The number of anilines is 1. The van der Waals surface area contributed by atoms with E-state index < -0.39 is 0 Å². The van der Waals surface area contributed by atoms with Crippen LogP contribution in [0.25, 0.3) is 10.8 Å². The molecule has 2 aromatic rings. The molecule has 2 aromatic carbocycles. The van der Waals surface area contributed by atoms with E-state index in [9.17, 15) is 14.4 Å². The van der Waals surface area contributed by atoms with Crippen molar-refractivity contribution in [2.45, 2.75) is 26.7 Å². The Balaban J connectivity index is 2.19. The third-order valence-electron chi connectivity index (χ3n) is 4.03. The van der Waals surface area contributed by atoms with Gasteiger partial charge >= 0.3 is 0 Å². The number of carbonyl (C=O) groups is 3. The first-order valence-electron chi connectivity index (χ1n) is 7.74. The molecule has 118 valence electrons. The number of unbranched alkanes of at least 4 members (excludes halogenated alkanes) is 1. The highest BCUT2D eigenvalue weighted by atomic mass is 16.2. The predicted octanol–water partition coefficient (Wildman–Crippen LogP) is 3.19. The van der Waals surface area contributed by atoms with Crippen LogP contribution in [0, 0.1) is 0 Å². The molecule has 0 fully saturated rings. The van der Waals surface area contributed by atoms with Gasteiger partial charge in [0.25, 0.3) is 11.8 Å². The number of hydrogen-bond acceptors (Lipinski definition) is 3. The Bertz CT molecular complexity index is 826. The molecule has 0 radical (unpaired) electrons. The molecular formula is C18H18N2O3. The van der Waals surface area contributed by atoms with Gasteiger partial charge in [-0.1, -0.05) is 37.6 Å². The van der Waals surface area contributed by atoms with E-state index in [-0.39, 0.29) is 17.7 Å². The standard InChI is InChI=1S/C18H18N2O3/c1-3-4-9-20-17(22)14-10-15(19-11(2)21)12-7-5-6-8-13(12)16(14)18(20)23/h5-8,10H,3-4,9H2,1-2H3,(H,19,21). The van der Waals surface area contributed by atoms with Crippen LogP contribution in [0.4, 0.5) is 5.69 Å². The molecule has 0 spiro atoms. The number of hydrogen-bond donors (Lipinski definition) is 1. The van der Waals surface area contributed by atoms with E-state index in [0.717, 1.165) is 18.2 Å². The second kappa shape index (κ2) is 5.83. The van der Waals surface area contributed by atoms with E-state index in [2.05, 4.69) is 5.32 Å². The SMILES string of the molecule is CCCCN1C(=O)c2cc(NC(C)=O)c3ccccc3c2C1=O. The van der Waals surface area contributed by atoms with Crippen molar-refractivity contribution in [3.63, 3.8) is 0 Å². The largest absolute Gasteiger partial charge is 0.326 e. The van der Waals surface area contributed by atoms with E-state index in [1.165, 1.54) is 11.8 Å². The first-order chi connectivity index (χ1) is 11.0. The Kier molecular flexibility index (Phi) is 3.86. The first-order valence-corrected chi connectivity index (χ1v) is 7.74. The topological polar surface area (TPSA) is 66.5 Å². The van der Waals surface area contributed by atoms with E-state index in [4.69, 9.17) is 0 Å². The lowest BCUT2D eigenvalue weighted by molar-refractivity contribution is -0.114. The van der Waals surface area contributed by atoms with E-state index in [1.807, 2.05) is 31.2 Å². The zero-order valence-electron chi connectivity index (χ0n) is 13.2. The summed E-state index contributed by atoms with van der Waals surface area (Å²) in [5.74, 6) is -0.741. The van der Waals surface area contributed by atoms with Crippen LogP contribution in [0.1, 0.15) is 47.4 Å². The minimum Gasteiger partial charge on any atom is -0.326 e. The smallest absolute Gasteiger partial charge is 0.262 e. The lowest BCUT2D eigenvalue weighted by Crippen LogP contribution is -2.30. The van der Waals surface area contributed by atoms with Crippen LogP contribution in [-0.2, 0) is 4.79 Å². The average Bonchev–Trinajstić information content (AvgIpc) is 2.76. The van der Waals surface area contributed by atoms with Gasteiger partial charge in [0.15, 0.2) is 0 Å². The molecule has 0 saturated carbocycles.